The quantitative estimate of drug-likeness (QED) is 0.848. The van der Waals surface area contributed by atoms with Crippen LogP contribution in [0.25, 0.3) is 0 Å². The van der Waals surface area contributed by atoms with Gasteiger partial charge in [0.15, 0.2) is 5.75 Å². The number of hydrogen-bond acceptors (Lipinski definition) is 3. The molecule has 0 aromatic heterocycles. The summed E-state index contributed by atoms with van der Waals surface area (Å²) in [6.07, 6.45) is 3.57. The van der Waals surface area contributed by atoms with Gasteiger partial charge >= 0.3 is 0 Å². The fourth-order valence-electron chi connectivity index (χ4n) is 3.36. The lowest BCUT2D eigenvalue weighted by Crippen LogP contribution is -2.37. The summed E-state index contributed by atoms with van der Waals surface area (Å²) in [6.45, 7) is 3.31. The maximum atomic E-state index is 12.7. The van der Waals surface area contributed by atoms with E-state index < -0.39 is 0 Å². The van der Waals surface area contributed by atoms with Crippen molar-refractivity contribution in [3.8, 4) is 5.75 Å². The molecule has 19 heavy (non-hydrogen) atoms. The Morgan fingerprint density at radius 3 is 2.95 bits per heavy atom. The topological polar surface area (TPSA) is 55.6 Å². The van der Waals surface area contributed by atoms with Crippen molar-refractivity contribution in [1.29, 1.82) is 0 Å². The molecule has 2 N–H and O–H groups in total. The van der Waals surface area contributed by atoms with Gasteiger partial charge in [0.1, 0.15) is 0 Å². The largest absolute Gasteiger partial charge is 0.491 e. The molecule has 2 aliphatic rings. The summed E-state index contributed by atoms with van der Waals surface area (Å²) in [5.41, 5.74) is 7.07. The Morgan fingerprint density at radius 1 is 1.47 bits per heavy atom. The number of nitrogens with two attached hydrogens (primary N) is 1. The zero-order chi connectivity index (χ0) is 13.4. The molecular weight excluding hydrogens is 240 g/mol. The number of amides is 1. The number of benzene rings is 1. The molecule has 0 spiro atoms. The Bertz CT molecular complexity index is 501. The van der Waals surface area contributed by atoms with E-state index in [4.69, 9.17) is 10.5 Å². The van der Waals surface area contributed by atoms with Gasteiger partial charge in [0.2, 0.25) is 0 Å². The lowest BCUT2D eigenvalue weighted by molar-refractivity contribution is 0.0699. The minimum Gasteiger partial charge on any atom is -0.491 e. The Kier molecular flexibility index (Phi) is 3.09. The van der Waals surface area contributed by atoms with Crippen LogP contribution < -0.4 is 10.5 Å². The maximum Gasteiger partial charge on any atom is 0.257 e. The van der Waals surface area contributed by atoms with Gasteiger partial charge in [0.05, 0.1) is 17.9 Å². The second kappa shape index (κ2) is 4.76. The van der Waals surface area contributed by atoms with Crippen LogP contribution in [0.15, 0.2) is 18.2 Å². The van der Waals surface area contributed by atoms with Gasteiger partial charge in [-0.25, -0.2) is 0 Å². The number of carbonyl (C=O) groups is 1. The molecule has 2 bridgehead atoms. The number of nitrogens with zero attached hydrogens (tertiary/aromatic N) is 1. The van der Waals surface area contributed by atoms with Crippen LogP contribution in [-0.4, -0.2) is 30.0 Å². The van der Waals surface area contributed by atoms with Crippen molar-refractivity contribution < 1.29 is 9.53 Å². The number of anilines is 1. The van der Waals surface area contributed by atoms with Crippen LogP contribution in [0.2, 0.25) is 0 Å². The molecule has 1 amide bonds. The molecule has 4 heteroatoms. The number of para-hydroxylation sites is 1. The molecule has 2 fully saturated rings. The van der Waals surface area contributed by atoms with Crippen molar-refractivity contribution in [1.82, 2.24) is 4.90 Å². The number of fused-ring (bicyclic) bond motifs is 2. The molecule has 1 aliphatic heterocycles. The van der Waals surface area contributed by atoms with Crippen LogP contribution in [0.3, 0.4) is 0 Å². The fraction of sp³-hybridized carbons (Fsp3) is 0.533. The Labute approximate surface area is 113 Å². The second-order valence-electron chi connectivity index (χ2n) is 5.45. The lowest BCUT2D eigenvalue weighted by Gasteiger charge is -2.27. The second-order valence-corrected chi connectivity index (χ2v) is 5.45. The SMILES string of the molecule is CCOc1c(N)cccc1C(=O)N1CC2CCC1C2. The lowest BCUT2D eigenvalue weighted by atomic mass is 10.1. The molecule has 0 radical (unpaired) electrons. The minimum absolute atomic E-state index is 0.0722. The number of hydrogen-bond donors (Lipinski definition) is 1. The van der Waals surface area contributed by atoms with Crippen molar-refractivity contribution >= 4 is 11.6 Å². The Hall–Kier alpha value is -1.71. The summed E-state index contributed by atoms with van der Waals surface area (Å²) in [5.74, 6) is 1.31. The predicted octanol–water partition coefficient (Wildman–Crippen LogP) is 2.29. The molecule has 1 aromatic rings. The fourth-order valence-corrected chi connectivity index (χ4v) is 3.36. The van der Waals surface area contributed by atoms with Crippen LogP contribution in [0.5, 0.6) is 5.75 Å². The van der Waals surface area contributed by atoms with Crippen molar-refractivity contribution in [2.24, 2.45) is 5.92 Å². The van der Waals surface area contributed by atoms with Crippen molar-refractivity contribution in [3.05, 3.63) is 23.8 Å². The van der Waals surface area contributed by atoms with Gasteiger partial charge in [-0.15, -0.1) is 0 Å². The summed E-state index contributed by atoms with van der Waals surface area (Å²) < 4.78 is 5.56. The number of rotatable bonds is 3. The number of carbonyl (C=O) groups excluding carboxylic acids is 1. The van der Waals surface area contributed by atoms with Gasteiger partial charge in [-0.3, -0.25) is 4.79 Å². The summed E-state index contributed by atoms with van der Waals surface area (Å²) in [4.78, 5) is 14.7. The van der Waals surface area contributed by atoms with E-state index in [1.165, 1.54) is 6.42 Å². The highest BCUT2D eigenvalue weighted by Crippen LogP contribution is 2.39. The highest BCUT2D eigenvalue weighted by atomic mass is 16.5. The molecule has 102 valence electrons. The third-order valence-corrected chi connectivity index (χ3v) is 4.23. The molecule has 2 atom stereocenters. The third kappa shape index (κ3) is 2.05. The maximum absolute atomic E-state index is 12.7. The Balaban J connectivity index is 1.89. The first-order valence-corrected chi connectivity index (χ1v) is 7.03. The van der Waals surface area contributed by atoms with Gasteiger partial charge in [-0.1, -0.05) is 6.07 Å². The van der Waals surface area contributed by atoms with Crippen LogP contribution in [0, 0.1) is 5.92 Å². The highest BCUT2D eigenvalue weighted by Gasteiger charge is 2.41. The standard InChI is InChI=1S/C15H20N2O2/c1-2-19-14-12(4-3-5-13(14)16)15(18)17-9-10-6-7-11(17)8-10/h3-5,10-11H,2,6-9,16H2,1H3. The van der Waals surface area contributed by atoms with E-state index in [2.05, 4.69) is 0 Å². The molecule has 1 aliphatic carbocycles. The third-order valence-electron chi connectivity index (χ3n) is 4.23. The van der Waals surface area contributed by atoms with Gasteiger partial charge in [-0.05, 0) is 44.2 Å². The summed E-state index contributed by atoms with van der Waals surface area (Å²) in [7, 11) is 0. The van der Waals surface area contributed by atoms with E-state index in [1.54, 1.807) is 6.07 Å². The van der Waals surface area contributed by atoms with E-state index in [0.29, 0.717) is 35.6 Å². The van der Waals surface area contributed by atoms with Gasteiger partial charge in [0, 0.05) is 12.6 Å². The average molecular weight is 260 g/mol. The van der Waals surface area contributed by atoms with Gasteiger partial charge < -0.3 is 15.4 Å². The van der Waals surface area contributed by atoms with Crippen LogP contribution in [-0.2, 0) is 0 Å². The first-order chi connectivity index (χ1) is 9.20. The first-order valence-electron chi connectivity index (χ1n) is 7.03. The number of nitrogen functional groups attached to an aromatic ring is 1. The van der Waals surface area contributed by atoms with Crippen LogP contribution in [0.4, 0.5) is 5.69 Å². The van der Waals surface area contributed by atoms with Crippen molar-refractivity contribution in [2.75, 3.05) is 18.9 Å². The zero-order valence-corrected chi connectivity index (χ0v) is 11.3. The van der Waals surface area contributed by atoms with Crippen LogP contribution in [0.1, 0.15) is 36.5 Å². The normalized spacial score (nSPS) is 24.8. The predicted molar refractivity (Wildman–Crippen MR) is 74.2 cm³/mol. The molecule has 2 unspecified atom stereocenters. The molecule has 4 nitrogen and oxygen atoms in total. The minimum atomic E-state index is 0.0722. The number of likely N-dealkylation sites (tertiary alicyclic amines) is 1. The van der Waals surface area contributed by atoms with Crippen molar-refractivity contribution in [2.45, 2.75) is 32.2 Å². The van der Waals surface area contributed by atoms with E-state index in [1.807, 2.05) is 24.0 Å². The molecule has 1 saturated carbocycles. The first kappa shape index (κ1) is 12.3. The van der Waals surface area contributed by atoms with E-state index in [0.717, 1.165) is 19.4 Å². The zero-order valence-electron chi connectivity index (χ0n) is 11.3. The van der Waals surface area contributed by atoms with Gasteiger partial charge in [0.25, 0.3) is 5.91 Å². The van der Waals surface area contributed by atoms with E-state index in [9.17, 15) is 4.79 Å². The van der Waals surface area contributed by atoms with Gasteiger partial charge in [-0.2, -0.15) is 0 Å². The molecule has 3 rings (SSSR count). The molecule has 1 heterocycles. The average Bonchev–Trinajstić information content (AvgIpc) is 3.03. The van der Waals surface area contributed by atoms with Crippen LogP contribution >= 0.6 is 0 Å². The monoisotopic (exact) mass is 260 g/mol. The molecule has 1 aromatic carbocycles. The number of piperidine rings is 1. The summed E-state index contributed by atoms with van der Waals surface area (Å²) >= 11 is 0. The van der Waals surface area contributed by atoms with E-state index in [-0.39, 0.29) is 5.91 Å². The molecular formula is C15H20N2O2. The van der Waals surface area contributed by atoms with E-state index >= 15 is 0 Å². The smallest absolute Gasteiger partial charge is 0.257 e. The molecule has 1 saturated heterocycles. The summed E-state index contributed by atoms with van der Waals surface area (Å²) in [6, 6.07) is 5.83. The number of ether oxygens (including phenoxy) is 1. The summed E-state index contributed by atoms with van der Waals surface area (Å²) in [5, 5.41) is 0. The highest BCUT2D eigenvalue weighted by molar-refractivity contribution is 5.99. The van der Waals surface area contributed by atoms with Crippen molar-refractivity contribution in [3.63, 3.8) is 0 Å². The Morgan fingerprint density at radius 2 is 2.32 bits per heavy atom.